The van der Waals surface area contributed by atoms with Crippen molar-refractivity contribution in [2.75, 3.05) is 0 Å². The molecule has 1 fully saturated rings. The van der Waals surface area contributed by atoms with Crippen LogP contribution in [0.3, 0.4) is 0 Å². The third kappa shape index (κ3) is 4.09. The van der Waals surface area contributed by atoms with Crippen LogP contribution < -0.4 is 4.72 Å². The number of nitrogens with one attached hydrogen (secondary N) is 2. The van der Waals surface area contributed by atoms with Crippen LogP contribution in [-0.4, -0.2) is 34.4 Å². The van der Waals surface area contributed by atoms with Gasteiger partial charge in [0.15, 0.2) is 11.4 Å². The predicted octanol–water partition coefficient (Wildman–Crippen LogP) is 3.44. The van der Waals surface area contributed by atoms with Crippen LogP contribution in [-0.2, 0) is 16.6 Å². The van der Waals surface area contributed by atoms with E-state index < -0.39 is 15.4 Å². The van der Waals surface area contributed by atoms with Crippen LogP contribution in [0, 0.1) is 5.41 Å². The fraction of sp³-hybridized carbons (Fsp3) is 0.381. The number of ketones is 1. The summed E-state index contributed by atoms with van der Waals surface area (Å²) >= 11 is 0. The van der Waals surface area contributed by atoms with Crippen molar-refractivity contribution in [1.29, 1.82) is 0 Å². The summed E-state index contributed by atoms with van der Waals surface area (Å²) in [6.07, 6.45) is 4.78. The molecule has 1 saturated carbocycles. The smallest absolute Gasteiger partial charge is 0.214 e. The molecule has 2 aromatic heterocycles. The van der Waals surface area contributed by atoms with E-state index in [4.69, 9.17) is 0 Å². The second kappa shape index (κ2) is 7.03. The van der Waals surface area contributed by atoms with Crippen LogP contribution in [0.25, 0.3) is 22.4 Å². The molecule has 29 heavy (non-hydrogen) atoms. The predicted molar refractivity (Wildman–Crippen MR) is 112 cm³/mol. The third-order valence-electron chi connectivity index (χ3n) is 4.97. The molecule has 1 aromatic carbocycles. The lowest BCUT2D eigenvalue weighted by atomic mass is 9.87. The van der Waals surface area contributed by atoms with Gasteiger partial charge in [-0.3, -0.25) is 4.79 Å². The highest BCUT2D eigenvalue weighted by Crippen LogP contribution is 2.28. The molecular formula is C21H24N4O3S. The molecular weight excluding hydrogens is 388 g/mol. The maximum absolute atomic E-state index is 12.7. The quantitative estimate of drug-likeness (QED) is 0.604. The van der Waals surface area contributed by atoms with Crippen molar-refractivity contribution < 1.29 is 13.2 Å². The summed E-state index contributed by atoms with van der Waals surface area (Å²) in [5, 5.41) is -0.244. The summed E-state index contributed by atoms with van der Waals surface area (Å²) in [6.45, 7) is 5.85. The summed E-state index contributed by atoms with van der Waals surface area (Å²) in [7, 11) is -3.23. The monoisotopic (exact) mass is 412 g/mol. The number of sulfonamides is 1. The first-order valence-corrected chi connectivity index (χ1v) is 11.2. The number of aromatic amines is 1. The summed E-state index contributed by atoms with van der Waals surface area (Å²) in [4.78, 5) is 24.8. The number of H-pyrrole nitrogens is 1. The number of hydrogen-bond acceptors (Lipinski definition) is 5. The molecule has 0 unspecified atom stereocenters. The second-order valence-electron chi connectivity index (χ2n) is 8.50. The van der Waals surface area contributed by atoms with Gasteiger partial charge in [0, 0.05) is 23.7 Å². The van der Waals surface area contributed by atoms with Gasteiger partial charge in [0.25, 0.3) is 0 Å². The van der Waals surface area contributed by atoms with E-state index in [0.717, 1.165) is 24.0 Å². The van der Waals surface area contributed by atoms with E-state index >= 15 is 0 Å². The Morgan fingerprint density at radius 2 is 2.03 bits per heavy atom. The minimum absolute atomic E-state index is 0.00145. The third-order valence-corrected chi connectivity index (χ3v) is 6.87. The Bertz CT molecular complexity index is 1190. The van der Waals surface area contributed by atoms with Crippen LogP contribution in [0.2, 0.25) is 0 Å². The van der Waals surface area contributed by atoms with E-state index in [1.54, 1.807) is 12.4 Å². The lowest BCUT2D eigenvalue weighted by Gasteiger charge is -2.15. The first-order valence-electron chi connectivity index (χ1n) is 9.62. The summed E-state index contributed by atoms with van der Waals surface area (Å²) in [6, 6.07) is 7.52. The fourth-order valence-corrected chi connectivity index (χ4v) is 4.49. The van der Waals surface area contributed by atoms with Gasteiger partial charge in [-0.15, -0.1) is 0 Å². The highest BCUT2D eigenvalue weighted by Gasteiger charge is 2.35. The number of Topliss-reactive ketones (excluding diaryl/α,β-unsaturated/α-hetero) is 1. The fourth-order valence-electron chi connectivity index (χ4n) is 3.13. The van der Waals surface area contributed by atoms with Gasteiger partial charge >= 0.3 is 0 Å². The lowest BCUT2D eigenvalue weighted by Crippen LogP contribution is -2.26. The average Bonchev–Trinajstić information content (AvgIpc) is 3.46. The largest absolute Gasteiger partial charge is 0.344 e. The van der Waals surface area contributed by atoms with Gasteiger partial charge in [-0.25, -0.2) is 23.1 Å². The van der Waals surface area contributed by atoms with Crippen LogP contribution in [0.15, 0.2) is 36.7 Å². The number of fused-ring (bicyclic) bond motifs is 1. The van der Waals surface area contributed by atoms with Gasteiger partial charge in [-0.05, 0) is 24.5 Å². The van der Waals surface area contributed by atoms with E-state index in [1.165, 1.54) is 0 Å². The van der Waals surface area contributed by atoms with Crippen LogP contribution in [0.4, 0.5) is 0 Å². The lowest BCUT2D eigenvalue weighted by molar-refractivity contribution is 0.0860. The molecule has 1 aliphatic rings. The van der Waals surface area contributed by atoms with Gasteiger partial charge in [0.2, 0.25) is 10.0 Å². The minimum Gasteiger partial charge on any atom is -0.344 e. The maximum atomic E-state index is 12.7. The molecule has 2 N–H and O–H groups in total. The Hall–Kier alpha value is -2.58. The summed E-state index contributed by atoms with van der Waals surface area (Å²) in [5.74, 6) is -0.00145. The zero-order valence-corrected chi connectivity index (χ0v) is 17.5. The Labute approximate surface area is 170 Å². The van der Waals surface area contributed by atoms with E-state index in [9.17, 15) is 13.2 Å². The highest BCUT2D eigenvalue weighted by atomic mass is 32.2. The van der Waals surface area contributed by atoms with E-state index in [0.29, 0.717) is 22.4 Å². The molecule has 8 heteroatoms. The average molecular weight is 413 g/mol. The van der Waals surface area contributed by atoms with Gasteiger partial charge in [0.05, 0.1) is 22.7 Å². The molecule has 0 bridgehead atoms. The van der Waals surface area contributed by atoms with Gasteiger partial charge in [-0.2, -0.15) is 0 Å². The number of rotatable bonds is 6. The minimum atomic E-state index is -3.23. The van der Waals surface area contributed by atoms with Crippen molar-refractivity contribution >= 4 is 27.0 Å². The van der Waals surface area contributed by atoms with Crippen molar-refractivity contribution in [2.24, 2.45) is 5.41 Å². The molecule has 4 rings (SSSR count). The Morgan fingerprint density at radius 3 is 2.72 bits per heavy atom. The number of carbonyl (C=O) groups excluding carboxylic acids is 1. The van der Waals surface area contributed by atoms with E-state index in [-0.39, 0.29) is 17.6 Å². The van der Waals surface area contributed by atoms with Gasteiger partial charge < -0.3 is 4.98 Å². The first-order chi connectivity index (χ1) is 13.6. The Kier molecular flexibility index (Phi) is 4.78. The normalized spacial score (nSPS) is 15.0. The maximum Gasteiger partial charge on any atom is 0.214 e. The summed E-state index contributed by atoms with van der Waals surface area (Å²) in [5.41, 5.74) is 3.40. The second-order valence-corrected chi connectivity index (χ2v) is 10.5. The van der Waals surface area contributed by atoms with Crippen molar-refractivity contribution in [3.8, 4) is 11.3 Å². The topological polar surface area (TPSA) is 105 Å². The number of benzene rings is 1. The van der Waals surface area contributed by atoms with E-state index in [1.807, 2.05) is 45.0 Å². The van der Waals surface area contributed by atoms with Crippen molar-refractivity contribution in [2.45, 2.75) is 45.4 Å². The number of carbonyl (C=O) groups is 1. The first kappa shape index (κ1) is 19.7. The Morgan fingerprint density at radius 1 is 1.28 bits per heavy atom. The van der Waals surface area contributed by atoms with Crippen LogP contribution in [0.1, 0.15) is 49.5 Å². The molecule has 0 aliphatic heterocycles. The number of nitrogens with zero attached hydrogens (tertiary/aromatic N) is 2. The number of aromatic nitrogens is 3. The van der Waals surface area contributed by atoms with Crippen LogP contribution >= 0.6 is 0 Å². The van der Waals surface area contributed by atoms with Crippen LogP contribution in [0.5, 0.6) is 0 Å². The molecule has 1 aliphatic carbocycles. The molecule has 7 nitrogen and oxygen atoms in total. The van der Waals surface area contributed by atoms with Crippen molar-refractivity contribution in [3.63, 3.8) is 0 Å². The molecule has 152 valence electrons. The molecule has 0 amide bonds. The molecule has 0 saturated heterocycles. The number of hydrogen-bond donors (Lipinski definition) is 2. The van der Waals surface area contributed by atoms with E-state index in [2.05, 4.69) is 19.7 Å². The summed E-state index contributed by atoms with van der Waals surface area (Å²) < 4.78 is 26.8. The standard InChI is InChI=1S/C21H24N4O3S/c1-21(2,3)19(26)16-11-22-20-18(16)25-17(12-23-20)14-6-4-5-13(9-14)10-24-29(27,28)15-7-8-15/h4-6,9,11-12,15,24H,7-8,10H2,1-3H3,(H,22,23). The van der Waals surface area contributed by atoms with Crippen molar-refractivity contribution in [1.82, 2.24) is 19.7 Å². The molecule has 0 radical (unpaired) electrons. The zero-order valence-electron chi connectivity index (χ0n) is 16.7. The Balaban J connectivity index is 1.63. The zero-order chi connectivity index (χ0) is 20.8. The van der Waals surface area contributed by atoms with Gasteiger partial charge in [-0.1, -0.05) is 39.0 Å². The SMILES string of the molecule is CC(C)(C)C(=O)c1c[nH]c2ncc(-c3cccc(CNS(=O)(=O)C4CC4)c3)nc12. The molecule has 2 heterocycles. The van der Waals surface area contributed by atoms with Crippen molar-refractivity contribution in [3.05, 3.63) is 47.8 Å². The molecule has 3 aromatic rings. The molecule has 0 atom stereocenters. The molecule has 0 spiro atoms. The van der Waals surface area contributed by atoms with Gasteiger partial charge in [0.1, 0.15) is 5.52 Å². The highest BCUT2D eigenvalue weighted by molar-refractivity contribution is 7.90.